The first-order chi connectivity index (χ1) is 9.89. The topological polar surface area (TPSA) is 116 Å². The Hall–Kier alpha value is -1.80. The summed E-state index contributed by atoms with van der Waals surface area (Å²) >= 11 is 0. The zero-order valence-electron chi connectivity index (χ0n) is 11.3. The summed E-state index contributed by atoms with van der Waals surface area (Å²) in [5, 5.41) is 9.22. The Labute approximate surface area is 122 Å². The van der Waals surface area contributed by atoms with Gasteiger partial charge in [-0.3, -0.25) is 0 Å². The summed E-state index contributed by atoms with van der Waals surface area (Å²) in [4.78, 5) is 10.6. The number of hydrogen-bond donors (Lipinski definition) is 2. The van der Waals surface area contributed by atoms with Crippen LogP contribution in [0.25, 0.3) is 0 Å². The Morgan fingerprint density at radius 1 is 1.38 bits per heavy atom. The van der Waals surface area contributed by atoms with Crippen LogP contribution in [0.1, 0.15) is 12.8 Å². The Morgan fingerprint density at radius 2 is 2.10 bits per heavy atom. The highest BCUT2D eigenvalue weighted by atomic mass is 32.2. The van der Waals surface area contributed by atoms with E-state index in [1.54, 1.807) is 12.1 Å². The third kappa shape index (κ3) is 4.33. The van der Waals surface area contributed by atoms with E-state index in [1.807, 2.05) is 0 Å². The standard InChI is InChI=1S/C13H17NO6S/c14-13(16)20-8-9(15)7-19-10-2-1-3-12(6-10)21(17,18)11-4-5-11/h1-3,6,9,11,15H,4-5,7-8H2,(H2,14,16)/t9-/m0/s1. The summed E-state index contributed by atoms with van der Waals surface area (Å²) in [5.41, 5.74) is 4.77. The number of rotatable bonds is 7. The third-order valence-corrected chi connectivity index (χ3v) is 5.22. The second-order valence-corrected chi connectivity index (χ2v) is 7.04. The van der Waals surface area contributed by atoms with Crippen molar-refractivity contribution in [3.05, 3.63) is 24.3 Å². The number of benzene rings is 1. The van der Waals surface area contributed by atoms with Gasteiger partial charge in [0.1, 0.15) is 25.1 Å². The molecular formula is C13H17NO6S. The molecule has 1 aliphatic rings. The largest absolute Gasteiger partial charge is 0.491 e. The molecule has 1 saturated carbocycles. The van der Waals surface area contributed by atoms with Crippen molar-refractivity contribution >= 4 is 15.9 Å². The molecule has 0 bridgehead atoms. The third-order valence-electron chi connectivity index (χ3n) is 2.96. The second-order valence-electron chi connectivity index (χ2n) is 4.81. The van der Waals surface area contributed by atoms with E-state index in [0.717, 1.165) is 0 Å². The maximum atomic E-state index is 12.1. The van der Waals surface area contributed by atoms with Crippen molar-refractivity contribution in [1.82, 2.24) is 0 Å². The highest BCUT2D eigenvalue weighted by Gasteiger charge is 2.36. The Morgan fingerprint density at radius 3 is 2.71 bits per heavy atom. The summed E-state index contributed by atoms with van der Waals surface area (Å²) < 4.78 is 33.9. The van der Waals surface area contributed by atoms with Crippen LogP contribution in [0.5, 0.6) is 5.75 Å². The molecule has 8 heteroatoms. The van der Waals surface area contributed by atoms with Crippen LogP contribution in [0.2, 0.25) is 0 Å². The number of aliphatic hydroxyl groups is 1. The van der Waals surface area contributed by atoms with E-state index in [2.05, 4.69) is 4.74 Å². The molecule has 1 atom stereocenters. The fraction of sp³-hybridized carbons (Fsp3) is 0.462. The van der Waals surface area contributed by atoms with Crippen molar-refractivity contribution in [1.29, 1.82) is 0 Å². The first-order valence-electron chi connectivity index (χ1n) is 6.46. The number of carbonyl (C=O) groups excluding carboxylic acids is 1. The van der Waals surface area contributed by atoms with Gasteiger partial charge in [0, 0.05) is 0 Å². The maximum Gasteiger partial charge on any atom is 0.404 e. The van der Waals surface area contributed by atoms with Gasteiger partial charge in [-0.1, -0.05) is 6.07 Å². The van der Waals surface area contributed by atoms with Gasteiger partial charge in [0.25, 0.3) is 0 Å². The zero-order valence-corrected chi connectivity index (χ0v) is 12.1. The van der Waals surface area contributed by atoms with E-state index in [9.17, 15) is 18.3 Å². The van der Waals surface area contributed by atoms with E-state index < -0.39 is 22.0 Å². The van der Waals surface area contributed by atoms with Gasteiger partial charge < -0.3 is 20.3 Å². The smallest absolute Gasteiger partial charge is 0.404 e. The van der Waals surface area contributed by atoms with Crippen molar-refractivity contribution in [3.8, 4) is 5.75 Å². The van der Waals surface area contributed by atoms with Crippen LogP contribution in [0.3, 0.4) is 0 Å². The highest BCUT2D eigenvalue weighted by Crippen LogP contribution is 2.34. The zero-order chi connectivity index (χ0) is 15.5. The van der Waals surface area contributed by atoms with E-state index in [1.165, 1.54) is 12.1 Å². The number of amides is 1. The van der Waals surface area contributed by atoms with Crippen LogP contribution in [0, 0.1) is 0 Å². The lowest BCUT2D eigenvalue weighted by molar-refractivity contribution is 0.0419. The van der Waals surface area contributed by atoms with Gasteiger partial charge in [0.15, 0.2) is 9.84 Å². The molecule has 1 aromatic carbocycles. The maximum absolute atomic E-state index is 12.1. The molecule has 21 heavy (non-hydrogen) atoms. The number of ether oxygens (including phenoxy) is 2. The Kier molecular flexibility index (Phi) is 4.69. The molecule has 1 amide bonds. The molecule has 1 aliphatic carbocycles. The van der Waals surface area contributed by atoms with E-state index in [4.69, 9.17) is 10.5 Å². The average Bonchev–Trinajstić information content (AvgIpc) is 3.28. The van der Waals surface area contributed by atoms with Crippen molar-refractivity contribution in [2.24, 2.45) is 5.73 Å². The molecule has 0 radical (unpaired) electrons. The molecule has 0 aromatic heterocycles. The summed E-state index contributed by atoms with van der Waals surface area (Å²) in [6, 6.07) is 6.12. The van der Waals surface area contributed by atoms with Gasteiger partial charge in [-0.25, -0.2) is 13.2 Å². The number of nitrogens with two attached hydrogens (primary N) is 1. The summed E-state index contributed by atoms with van der Waals surface area (Å²) in [5.74, 6) is 0.329. The lowest BCUT2D eigenvalue weighted by atomic mass is 10.3. The molecule has 116 valence electrons. The normalized spacial score (nSPS) is 16.2. The predicted octanol–water partition coefficient (Wildman–Crippen LogP) is 0.458. The van der Waals surface area contributed by atoms with Crippen molar-refractivity contribution in [2.45, 2.75) is 29.1 Å². The quantitative estimate of drug-likeness (QED) is 0.755. The van der Waals surface area contributed by atoms with Crippen molar-refractivity contribution < 1.29 is 27.8 Å². The Bertz CT molecular complexity index is 611. The van der Waals surface area contributed by atoms with Crippen LogP contribution in [-0.4, -0.2) is 44.2 Å². The SMILES string of the molecule is NC(=O)OC[C@@H](O)COc1cccc(S(=O)(=O)C2CC2)c1. The van der Waals surface area contributed by atoms with Crippen molar-refractivity contribution in [3.63, 3.8) is 0 Å². The van der Waals surface area contributed by atoms with Gasteiger partial charge >= 0.3 is 6.09 Å². The summed E-state index contributed by atoms with van der Waals surface area (Å²) in [6.07, 6.45) is -0.638. The summed E-state index contributed by atoms with van der Waals surface area (Å²) in [6.45, 7) is -0.421. The fourth-order valence-electron chi connectivity index (χ4n) is 1.73. The number of hydrogen-bond acceptors (Lipinski definition) is 6. The molecule has 0 unspecified atom stereocenters. The molecule has 0 aliphatic heterocycles. The molecule has 0 heterocycles. The lowest BCUT2D eigenvalue weighted by Crippen LogP contribution is -2.27. The number of sulfone groups is 1. The molecule has 1 fully saturated rings. The average molecular weight is 315 g/mol. The number of aliphatic hydroxyl groups excluding tert-OH is 1. The molecule has 1 aromatic rings. The van der Waals surface area contributed by atoms with Crippen LogP contribution < -0.4 is 10.5 Å². The molecule has 0 spiro atoms. The minimum Gasteiger partial charge on any atom is -0.491 e. The van der Waals surface area contributed by atoms with Gasteiger partial charge in [-0.2, -0.15) is 0 Å². The predicted molar refractivity (Wildman–Crippen MR) is 73.7 cm³/mol. The van der Waals surface area contributed by atoms with Crippen LogP contribution in [0.4, 0.5) is 4.79 Å². The van der Waals surface area contributed by atoms with Gasteiger partial charge in [-0.15, -0.1) is 0 Å². The van der Waals surface area contributed by atoms with Crippen LogP contribution >= 0.6 is 0 Å². The minimum absolute atomic E-state index is 0.139. The first-order valence-corrected chi connectivity index (χ1v) is 8.01. The molecule has 2 rings (SSSR count). The van der Waals surface area contributed by atoms with Crippen LogP contribution in [0.15, 0.2) is 29.2 Å². The van der Waals surface area contributed by atoms with E-state index >= 15 is 0 Å². The Balaban J connectivity index is 1.94. The number of primary amides is 1. The molecular weight excluding hydrogens is 298 g/mol. The van der Waals surface area contributed by atoms with E-state index in [0.29, 0.717) is 18.6 Å². The number of carbonyl (C=O) groups is 1. The van der Waals surface area contributed by atoms with Gasteiger partial charge in [0.05, 0.1) is 10.1 Å². The summed E-state index contributed by atoms with van der Waals surface area (Å²) in [7, 11) is -3.28. The minimum atomic E-state index is -3.28. The van der Waals surface area contributed by atoms with Crippen molar-refractivity contribution in [2.75, 3.05) is 13.2 Å². The first kappa shape index (κ1) is 15.6. The highest BCUT2D eigenvalue weighted by molar-refractivity contribution is 7.92. The molecule has 7 nitrogen and oxygen atoms in total. The van der Waals surface area contributed by atoms with Gasteiger partial charge in [0.2, 0.25) is 0 Å². The lowest BCUT2D eigenvalue weighted by Gasteiger charge is -2.12. The second kappa shape index (κ2) is 6.31. The van der Waals surface area contributed by atoms with E-state index in [-0.39, 0.29) is 23.4 Å². The monoisotopic (exact) mass is 315 g/mol. The molecule has 3 N–H and O–H groups in total. The van der Waals surface area contributed by atoms with Crippen LogP contribution in [-0.2, 0) is 14.6 Å². The molecule has 0 saturated heterocycles. The van der Waals surface area contributed by atoms with Gasteiger partial charge in [-0.05, 0) is 31.0 Å². The fourth-order valence-corrected chi connectivity index (χ4v) is 3.42.